The lowest BCUT2D eigenvalue weighted by Gasteiger charge is -2.09. The largest absolute Gasteiger partial charge is 0.318 e. The van der Waals surface area contributed by atoms with Crippen molar-refractivity contribution in [2.24, 2.45) is 0 Å². The zero-order valence-electron chi connectivity index (χ0n) is 11.7. The molecule has 0 saturated heterocycles. The van der Waals surface area contributed by atoms with E-state index in [4.69, 9.17) is 0 Å². The Balaban J connectivity index is 1.99. The van der Waals surface area contributed by atoms with E-state index >= 15 is 0 Å². The summed E-state index contributed by atoms with van der Waals surface area (Å²) in [5.41, 5.74) is 1.22. The van der Waals surface area contributed by atoms with Crippen LogP contribution in [0, 0.1) is 0 Å². The number of aromatic nitrogens is 3. The number of carbonyl (C=O) groups excluding carboxylic acids is 1. The molecule has 1 atom stereocenters. The lowest BCUT2D eigenvalue weighted by Crippen LogP contribution is -2.36. The predicted octanol–water partition coefficient (Wildman–Crippen LogP) is 2.71. The number of benzene rings is 1. The number of fused-ring (bicyclic) bond motifs is 1. The molecule has 0 spiro atoms. The summed E-state index contributed by atoms with van der Waals surface area (Å²) in [5.74, 6) is -0.922. The van der Waals surface area contributed by atoms with Gasteiger partial charge in [-0.05, 0) is 24.3 Å². The SMILES string of the molecule is O=C(NC(F)C(F)F)c1cccc2nn(-c3cccnc3)cc12. The van der Waals surface area contributed by atoms with Gasteiger partial charge in [-0.3, -0.25) is 9.78 Å². The Bertz CT molecular complexity index is 835. The molecule has 1 N–H and O–H groups in total. The topological polar surface area (TPSA) is 59.8 Å². The Labute approximate surface area is 128 Å². The van der Waals surface area contributed by atoms with Crippen LogP contribution in [0.3, 0.4) is 0 Å². The van der Waals surface area contributed by atoms with E-state index < -0.39 is 18.6 Å². The Morgan fingerprint density at radius 3 is 2.70 bits per heavy atom. The molecule has 1 unspecified atom stereocenters. The van der Waals surface area contributed by atoms with Gasteiger partial charge in [0.05, 0.1) is 23.0 Å². The molecular formula is C15H11F3N4O. The number of halogens is 3. The lowest BCUT2D eigenvalue weighted by atomic mass is 10.1. The minimum Gasteiger partial charge on any atom is -0.318 e. The van der Waals surface area contributed by atoms with Crippen molar-refractivity contribution in [3.05, 3.63) is 54.5 Å². The Kier molecular flexibility index (Phi) is 3.96. The molecule has 5 nitrogen and oxygen atoms in total. The first kappa shape index (κ1) is 15.0. The standard InChI is InChI=1S/C15H11F3N4O/c16-13(17)14(18)20-15(23)10-4-1-5-12-11(10)8-22(21-12)9-3-2-6-19-7-9/h1-8,13-14H,(H,20,23). The van der Waals surface area contributed by atoms with E-state index in [1.54, 1.807) is 48.2 Å². The van der Waals surface area contributed by atoms with Crippen LogP contribution in [0.1, 0.15) is 10.4 Å². The minimum absolute atomic E-state index is 0.0703. The fraction of sp³-hybridized carbons (Fsp3) is 0.133. The Morgan fingerprint density at radius 2 is 2.00 bits per heavy atom. The van der Waals surface area contributed by atoms with Gasteiger partial charge in [-0.2, -0.15) is 5.10 Å². The van der Waals surface area contributed by atoms with Crippen LogP contribution in [-0.4, -0.2) is 33.4 Å². The smallest absolute Gasteiger partial charge is 0.287 e. The normalized spacial score (nSPS) is 12.5. The molecule has 0 bridgehead atoms. The summed E-state index contributed by atoms with van der Waals surface area (Å²) in [7, 11) is 0. The molecule has 0 fully saturated rings. The number of carbonyl (C=O) groups is 1. The maximum absolute atomic E-state index is 13.0. The van der Waals surface area contributed by atoms with E-state index in [0.29, 0.717) is 16.6 Å². The summed E-state index contributed by atoms with van der Waals surface area (Å²) in [6.45, 7) is 0. The second-order valence-corrected chi connectivity index (χ2v) is 4.73. The highest BCUT2D eigenvalue weighted by atomic mass is 19.3. The molecule has 0 aliphatic carbocycles. The van der Waals surface area contributed by atoms with E-state index in [0.717, 1.165) is 0 Å². The molecule has 3 aromatic rings. The van der Waals surface area contributed by atoms with Gasteiger partial charge in [0.2, 0.25) is 6.30 Å². The third kappa shape index (κ3) is 3.01. The summed E-state index contributed by atoms with van der Waals surface area (Å²) in [5, 5.41) is 6.35. The fourth-order valence-electron chi connectivity index (χ4n) is 2.13. The molecule has 0 saturated carbocycles. The minimum atomic E-state index is -3.28. The highest BCUT2D eigenvalue weighted by Gasteiger charge is 2.23. The van der Waals surface area contributed by atoms with Crippen molar-refractivity contribution >= 4 is 16.8 Å². The van der Waals surface area contributed by atoms with Crippen LogP contribution in [0.2, 0.25) is 0 Å². The number of hydrogen-bond donors (Lipinski definition) is 1. The molecule has 0 aliphatic rings. The van der Waals surface area contributed by atoms with Crippen molar-refractivity contribution in [3.63, 3.8) is 0 Å². The number of hydrogen-bond acceptors (Lipinski definition) is 3. The first-order valence-electron chi connectivity index (χ1n) is 6.68. The summed E-state index contributed by atoms with van der Waals surface area (Å²) in [6.07, 6.45) is -1.24. The number of nitrogens with one attached hydrogen (secondary N) is 1. The van der Waals surface area contributed by atoms with Crippen molar-refractivity contribution in [1.29, 1.82) is 0 Å². The van der Waals surface area contributed by atoms with Crippen molar-refractivity contribution in [3.8, 4) is 5.69 Å². The van der Waals surface area contributed by atoms with Gasteiger partial charge in [-0.25, -0.2) is 17.9 Å². The van der Waals surface area contributed by atoms with E-state index in [2.05, 4.69) is 10.1 Å². The summed E-state index contributed by atoms with van der Waals surface area (Å²) in [4.78, 5) is 16.0. The Hall–Kier alpha value is -2.90. The number of rotatable bonds is 4. The lowest BCUT2D eigenvalue weighted by molar-refractivity contribution is 0.0287. The molecular weight excluding hydrogens is 309 g/mol. The van der Waals surface area contributed by atoms with E-state index in [-0.39, 0.29) is 5.56 Å². The van der Waals surface area contributed by atoms with Crippen LogP contribution in [0.15, 0.2) is 48.9 Å². The highest BCUT2D eigenvalue weighted by molar-refractivity contribution is 6.06. The molecule has 118 valence electrons. The average molecular weight is 320 g/mol. The number of pyridine rings is 1. The fourth-order valence-corrected chi connectivity index (χ4v) is 2.13. The monoisotopic (exact) mass is 320 g/mol. The van der Waals surface area contributed by atoms with Gasteiger partial charge in [0.15, 0.2) is 0 Å². The number of alkyl halides is 3. The van der Waals surface area contributed by atoms with Gasteiger partial charge < -0.3 is 5.32 Å². The third-order valence-electron chi connectivity index (χ3n) is 3.20. The van der Waals surface area contributed by atoms with Gasteiger partial charge in [0.1, 0.15) is 0 Å². The maximum atomic E-state index is 13.0. The van der Waals surface area contributed by atoms with Crippen molar-refractivity contribution < 1.29 is 18.0 Å². The zero-order chi connectivity index (χ0) is 16.4. The van der Waals surface area contributed by atoms with Gasteiger partial charge in [-0.15, -0.1) is 0 Å². The van der Waals surface area contributed by atoms with Crippen molar-refractivity contribution in [1.82, 2.24) is 20.1 Å². The molecule has 0 aliphatic heterocycles. The number of amides is 1. The first-order chi connectivity index (χ1) is 11.1. The summed E-state index contributed by atoms with van der Waals surface area (Å²) >= 11 is 0. The third-order valence-corrected chi connectivity index (χ3v) is 3.20. The van der Waals surface area contributed by atoms with Crippen LogP contribution >= 0.6 is 0 Å². The van der Waals surface area contributed by atoms with Gasteiger partial charge in [0, 0.05) is 17.8 Å². The highest BCUT2D eigenvalue weighted by Crippen LogP contribution is 2.20. The molecule has 2 heterocycles. The van der Waals surface area contributed by atoms with Crippen LogP contribution in [-0.2, 0) is 0 Å². The van der Waals surface area contributed by atoms with E-state index in [9.17, 15) is 18.0 Å². The summed E-state index contributed by atoms with van der Waals surface area (Å²) < 4.78 is 39.0. The van der Waals surface area contributed by atoms with Crippen LogP contribution in [0.25, 0.3) is 16.6 Å². The first-order valence-corrected chi connectivity index (χ1v) is 6.68. The predicted molar refractivity (Wildman–Crippen MR) is 77.2 cm³/mol. The van der Waals surface area contributed by atoms with Gasteiger partial charge in [0.25, 0.3) is 12.3 Å². The van der Waals surface area contributed by atoms with Crippen LogP contribution in [0.4, 0.5) is 13.2 Å². The van der Waals surface area contributed by atoms with Gasteiger partial charge in [-0.1, -0.05) is 6.07 Å². The molecule has 8 heteroatoms. The molecule has 2 aromatic heterocycles. The van der Waals surface area contributed by atoms with Crippen molar-refractivity contribution in [2.75, 3.05) is 0 Å². The zero-order valence-corrected chi connectivity index (χ0v) is 11.7. The summed E-state index contributed by atoms with van der Waals surface area (Å²) in [6, 6.07) is 8.14. The second kappa shape index (κ2) is 6.07. The Morgan fingerprint density at radius 1 is 1.17 bits per heavy atom. The molecule has 23 heavy (non-hydrogen) atoms. The second-order valence-electron chi connectivity index (χ2n) is 4.73. The van der Waals surface area contributed by atoms with Gasteiger partial charge >= 0.3 is 0 Å². The molecule has 1 aromatic carbocycles. The van der Waals surface area contributed by atoms with E-state index in [1.807, 2.05) is 0 Å². The van der Waals surface area contributed by atoms with Crippen LogP contribution in [0.5, 0.6) is 0 Å². The maximum Gasteiger partial charge on any atom is 0.287 e. The van der Waals surface area contributed by atoms with Crippen molar-refractivity contribution in [2.45, 2.75) is 12.7 Å². The molecule has 1 amide bonds. The molecule has 0 radical (unpaired) electrons. The molecule has 3 rings (SSSR count). The van der Waals surface area contributed by atoms with Crippen LogP contribution < -0.4 is 5.32 Å². The van der Waals surface area contributed by atoms with E-state index in [1.165, 1.54) is 10.7 Å². The average Bonchev–Trinajstić information content (AvgIpc) is 2.99. The quantitative estimate of drug-likeness (QED) is 0.752. The number of nitrogens with zero attached hydrogens (tertiary/aromatic N) is 3.